The summed E-state index contributed by atoms with van der Waals surface area (Å²) in [6.45, 7) is 3.12. The van der Waals surface area contributed by atoms with Gasteiger partial charge < -0.3 is 14.2 Å². The first-order valence-electron chi connectivity index (χ1n) is 8.90. The SMILES string of the molecule is CCOc1ccc(N=Cc2ccc(OCc3ccccc3)c(OC)c2)cc1. The van der Waals surface area contributed by atoms with E-state index in [9.17, 15) is 0 Å². The van der Waals surface area contributed by atoms with Crippen molar-refractivity contribution in [3.05, 3.63) is 83.9 Å². The van der Waals surface area contributed by atoms with E-state index in [-0.39, 0.29) is 0 Å². The van der Waals surface area contributed by atoms with Crippen molar-refractivity contribution in [3.8, 4) is 17.2 Å². The van der Waals surface area contributed by atoms with Gasteiger partial charge in [0, 0.05) is 6.21 Å². The van der Waals surface area contributed by atoms with E-state index >= 15 is 0 Å². The monoisotopic (exact) mass is 361 g/mol. The Kier molecular flexibility index (Phi) is 6.47. The highest BCUT2D eigenvalue weighted by Gasteiger charge is 2.05. The minimum atomic E-state index is 0.497. The van der Waals surface area contributed by atoms with Crippen LogP contribution in [0.1, 0.15) is 18.1 Å². The molecule has 3 aromatic carbocycles. The number of ether oxygens (including phenoxy) is 3. The average Bonchev–Trinajstić information content (AvgIpc) is 2.73. The summed E-state index contributed by atoms with van der Waals surface area (Å²) in [5, 5.41) is 0. The molecular formula is C23H23NO3. The fourth-order valence-corrected chi connectivity index (χ4v) is 2.56. The number of nitrogens with zero attached hydrogens (tertiary/aromatic N) is 1. The van der Waals surface area contributed by atoms with Crippen LogP contribution in [0.3, 0.4) is 0 Å². The second kappa shape index (κ2) is 9.43. The Hall–Kier alpha value is -3.27. The van der Waals surface area contributed by atoms with Crippen LogP contribution in [0.25, 0.3) is 0 Å². The lowest BCUT2D eigenvalue weighted by Gasteiger charge is -2.11. The molecule has 0 aliphatic carbocycles. The molecule has 138 valence electrons. The third kappa shape index (κ3) is 5.35. The van der Waals surface area contributed by atoms with Crippen LogP contribution in [0.2, 0.25) is 0 Å². The number of hydrogen-bond donors (Lipinski definition) is 0. The van der Waals surface area contributed by atoms with Crippen LogP contribution in [0.4, 0.5) is 5.69 Å². The van der Waals surface area contributed by atoms with Gasteiger partial charge >= 0.3 is 0 Å². The van der Waals surface area contributed by atoms with E-state index in [0.717, 1.165) is 22.6 Å². The Morgan fingerprint density at radius 1 is 0.852 bits per heavy atom. The average molecular weight is 361 g/mol. The zero-order valence-electron chi connectivity index (χ0n) is 15.6. The topological polar surface area (TPSA) is 40.0 Å². The van der Waals surface area contributed by atoms with Crippen molar-refractivity contribution in [2.45, 2.75) is 13.5 Å². The quantitative estimate of drug-likeness (QED) is 0.503. The molecule has 0 aliphatic rings. The minimum Gasteiger partial charge on any atom is -0.494 e. The molecule has 3 aromatic rings. The number of benzene rings is 3. The van der Waals surface area contributed by atoms with Crippen molar-refractivity contribution in [2.75, 3.05) is 13.7 Å². The van der Waals surface area contributed by atoms with E-state index in [4.69, 9.17) is 14.2 Å². The maximum Gasteiger partial charge on any atom is 0.161 e. The Labute approximate surface area is 160 Å². The molecule has 0 saturated carbocycles. The predicted molar refractivity (Wildman–Crippen MR) is 109 cm³/mol. The minimum absolute atomic E-state index is 0.497. The molecule has 0 amide bonds. The van der Waals surface area contributed by atoms with Gasteiger partial charge in [0.25, 0.3) is 0 Å². The van der Waals surface area contributed by atoms with Gasteiger partial charge in [0.2, 0.25) is 0 Å². The molecular weight excluding hydrogens is 338 g/mol. The van der Waals surface area contributed by atoms with Crippen LogP contribution in [0, 0.1) is 0 Å². The fourth-order valence-electron chi connectivity index (χ4n) is 2.56. The van der Waals surface area contributed by atoms with Crippen molar-refractivity contribution < 1.29 is 14.2 Å². The summed E-state index contributed by atoms with van der Waals surface area (Å²) in [6.07, 6.45) is 1.80. The van der Waals surface area contributed by atoms with Crippen molar-refractivity contribution in [2.24, 2.45) is 4.99 Å². The molecule has 0 radical (unpaired) electrons. The van der Waals surface area contributed by atoms with E-state index in [0.29, 0.717) is 24.7 Å². The van der Waals surface area contributed by atoms with E-state index in [1.54, 1.807) is 13.3 Å². The molecule has 0 aliphatic heterocycles. The van der Waals surface area contributed by atoms with Gasteiger partial charge in [0.1, 0.15) is 12.4 Å². The van der Waals surface area contributed by atoms with E-state index in [1.807, 2.05) is 79.7 Å². The molecule has 0 heterocycles. The van der Waals surface area contributed by atoms with Gasteiger partial charge in [0.05, 0.1) is 19.4 Å². The van der Waals surface area contributed by atoms with Crippen molar-refractivity contribution in [1.29, 1.82) is 0 Å². The van der Waals surface area contributed by atoms with Crippen LogP contribution < -0.4 is 14.2 Å². The molecule has 0 aromatic heterocycles. The van der Waals surface area contributed by atoms with Crippen LogP contribution in [0.5, 0.6) is 17.2 Å². The number of aliphatic imine (C=N–C) groups is 1. The number of methoxy groups -OCH3 is 1. The molecule has 0 saturated heterocycles. The number of rotatable bonds is 8. The molecule has 0 bridgehead atoms. The van der Waals surface area contributed by atoms with Gasteiger partial charge in [-0.05, 0) is 60.5 Å². The van der Waals surface area contributed by atoms with Gasteiger partial charge in [-0.1, -0.05) is 30.3 Å². The standard InChI is InChI=1S/C23H23NO3/c1-3-26-21-12-10-20(11-13-21)24-16-19-9-14-22(23(15-19)25-2)27-17-18-7-5-4-6-8-18/h4-16H,3,17H2,1-2H3. The van der Waals surface area contributed by atoms with Gasteiger partial charge in [-0.15, -0.1) is 0 Å². The summed E-state index contributed by atoms with van der Waals surface area (Å²) in [5.74, 6) is 2.24. The summed E-state index contributed by atoms with van der Waals surface area (Å²) in [6, 6.07) is 23.5. The summed E-state index contributed by atoms with van der Waals surface area (Å²) < 4.78 is 16.8. The van der Waals surface area contributed by atoms with Crippen LogP contribution in [0.15, 0.2) is 77.8 Å². The second-order valence-corrected chi connectivity index (χ2v) is 5.87. The van der Waals surface area contributed by atoms with Crippen LogP contribution in [-0.4, -0.2) is 19.9 Å². The van der Waals surface area contributed by atoms with Crippen molar-refractivity contribution in [3.63, 3.8) is 0 Å². The van der Waals surface area contributed by atoms with Gasteiger partial charge in [-0.3, -0.25) is 4.99 Å². The molecule has 0 unspecified atom stereocenters. The van der Waals surface area contributed by atoms with Crippen molar-refractivity contribution in [1.82, 2.24) is 0 Å². The Balaban J connectivity index is 1.67. The van der Waals surface area contributed by atoms with Crippen LogP contribution >= 0.6 is 0 Å². The molecule has 0 spiro atoms. The fraction of sp³-hybridized carbons (Fsp3) is 0.174. The van der Waals surface area contributed by atoms with Gasteiger partial charge in [0.15, 0.2) is 11.5 Å². The number of hydrogen-bond acceptors (Lipinski definition) is 4. The third-order valence-electron chi connectivity index (χ3n) is 3.94. The highest BCUT2D eigenvalue weighted by molar-refractivity contribution is 5.83. The lowest BCUT2D eigenvalue weighted by atomic mass is 10.2. The van der Waals surface area contributed by atoms with Gasteiger partial charge in [-0.25, -0.2) is 0 Å². The Morgan fingerprint density at radius 3 is 2.33 bits per heavy atom. The highest BCUT2D eigenvalue weighted by Crippen LogP contribution is 2.28. The maximum absolute atomic E-state index is 5.88. The molecule has 27 heavy (non-hydrogen) atoms. The lowest BCUT2D eigenvalue weighted by Crippen LogP contribution is -1.98. The molecule has 0 fully saturated rings. The smallest absolute Gasteiger partial charge is 0.161 e. The van der Waals surface area contributed by atoms with E-state index in [1.165, 1.54) is 0 Å². The summed E-state index contributed by atoms with van der Waals surface area (Å²) in [7, 11) is 1.64. The molecule has 4 nitrogen and oxygen atoms in total. The molecule has 4 heteroatoms. The highest BCUT2D eigenvalue weighted by atomic mass is 16.5. The summed E-state index contributed by atoms with van der Waals surface area (Å²) >= 11 is 0. The Bertz CT molecular complexity index is 874. The zero-order valence-corrected chi connectivity index (χ0v) is 15.6. The first-order chi connectivity index (χ1) is 13.3. The third-order valence-corrected chi connectivity index (χ3v) is 3.94. The van der Waals surface area contributed by atoms with E-state index < -0.39 is 0 Å². The van der Waals surface area contributed by atoms with E-state index in [2.05, 4.69) is 4.99 Å². The predicted octanol–water partition coefficient (Wildman–Crippen LogP) is 5.42. The first kappa shape index (κ1) is 18.5. The Morgan fingerprint density at radius 2 is 1.63 bits per heavy atom. The summed E-state index contributed by atoms with van der Waals surface area (Å²) in [4.78, 5) is 4.50. The summed E-state index contributed by atoms with van der Waals surface area (Å²) in [5.41, 5.74) is 2.91. The zero-order chi connectivity index (χ0) is 18.9. The molecule has 3 rings (SSSR count). The first-order valence-corrected chi connectivity index (χ1v) is 8.90. The molecule has 0 N–H and O–H groups in total. The maximum atomic E-state index is 5.88. The van der Waals surface area contributed by atoms with Crippen LogP contribution in [-0.2, 0) is 6.61 Å². The largest absolute Gasteiger partial charge is 0.494 e. The lowest BCUT2D eigenvalue weighted by molar-refractivity contribution is 0.284. The van der Waals surface area contributed by atoms with Gasteiger partial charge in [-0.2, -0.15) is 0 Å². The van der Waals surface area contributed by atoms with Crippen molar-refractivity contribution >= 4 is 11.9 Å². The molecule has 0 atom stereocenters. The normalized spacial score (nSPS) is 10.7. The second-order valence-electron chi connectivity index (χ2n) is 5.87.